The van der Waals surface area contributed by atoms with Gasteiger partial charge < -0.3 is 5.32 Å². The van der Waals surface area contributed by atoms with Crippen molar-refractivity contribution in [2.75, 3.05) is 13.1 Å². The van der Waals surface area contributed by atoms with Gasteiger partial charge in [0.15, 0.2) is 5.82 Å². The van der Waals surface area contributed by atoms with Gasteiger partial charge in [-0.15, -0.1) is 0 Å². The van der Waals surface area contributed by atoms with Gasteiger partial charge in [0.1, 0.15) is 5.82 Å². The number of rotatable bonds is 2. The Hall–Kier alpha value is -0.900. The van der Waals surface area contributed by atoms with Crippen LogP contribution in [0.25, 0.3) is 0 Å². The first-order chi connectivity index (χ1) is 7.34. The normalized spacial score (nSPS) is 23.3. The molecule has 15 heavy (non-hydrogen) atoms. The second-order valence-corrected chi connectivity index (χ2v) is 4.79. The fourth-order valence-corrected chi connectivity index (χ4v) is 2.60. The Morgan fingerprint density at radius 2 is 1.93 bits per heavy atom. The average molecular weight is 206 g/mol. The molecule has 0 radical (unpaired) electrons. The Labute approximate surface area is 90.1 Å². The molecule has 0 atom stereocenters. The van der Waals surface area contributed by atoms with Crippen LogP contribution in [0.1, 0.15) is 49.2 Å². The van der Waals surface area contributed by atoms with E-state index in [0.29, 0.717) is 11.8 Å². The molecule has 1 aromatic heterocycles. The van der Waals surface area contributed by atoms with E-state index in [-0.39, 0.29) is 0 Å². The molecular formula is C11H18N4. The highest BCUT2D eigenvalue weighted by molar-refractivity contribution is 5.08. The summed E-state index contributed by atoms with van der Waals surface area (Å²) in [4.78, 5) is 4.73. The quantitative estimate of drug-likeness (QED) is 0.789. The predicted molar refractivity (Wildman–Crippen MR) is 57.8 cm³/mol. The Balaban J connectivity index is 1.83. The molecule has 4 heteroatoms. The van der Waals surface area contributed by atoms with Gasteiger partial charge in [-0.2, -0.15) is 5.10 Å². The number of nitrogens with one attached hydrogen (secondary N) is 1. The lowest BCUT2D eigenvalue weighted by Gasteiger charge is -2.25. The third kappa shape index (κ3) is 1.57. The van der Waals surface area contributed by atoms with Crippen molar-refractivity contribution in [3.8, 4) is 0 Å². The molecule has 1 N–H and O–H groups in total. The first-order valence-electron chi connectivity index (χ1n) is 5.96. The van der Waals surface area contributed by atoms with Crippen molar-refractivity contribution in [2.45, 2.75) is 37.5 Å². The number of hydrogen-bond acceptors (Lipinski definition) is 3. The number of aryl methyl sites for hydroxylation is 1. The van der Waals surface area contributed by atoms with Crippen molar-refractivity contribution in [3.05, 3.63) is 11.6 Å². The van der Waals surface area contributed by atoms with Gasteiger partial charge in [-0.05, 0) is 12.8 Å². The molecule has 0 aromatic carbocycles. The summed E-state index contributed by atoms with van der Waals surface area (Å²) < 4.78 is 1.99. The Bertz CT molecular complexity index is 347. The lowest BCUT2D eigenvalue weighted by Crippen LogP contribution is -2.41. The van der Waals surface area contributed by atoms with Crippen LogP contribution in [0.3, 0.4) is 0 Å². The molecule has 1 aromatic rings. The second-order valence-electron chi connectivity index (χ2n) is 4.79. The molecule has 2 fully saturated rings. The van der Waals surface area contributed by atoms with Crippen LogP contribution in [-0.4, -0.2) is 27.9 Å². The monoisotopic (exact) mass is 206 g/mol. The molecular weight excluding hydrogens is 188 g/mol. The maximum absolute atomic E-state index is 4.73. The second kappa shape index (κ2) is 3.59. The highest BCUT2D eigenvalue weighted by atomic mass is 15.3. The number of hydrogen-bond donors (Lipinski definition) is 1. The highest BCUT2D eigenvalue weighted by Gasteiger charge is 2.27. The third-order valence-electron chi connectivity index (χ3n) is 3.68. The van der Waals surface area contributed by atoms with Crippen LogP contribution in [0.15, 0.2) is 0 Å². The summed E-state index contributed by atoms with van der Waals surface area (Å²) in [5, 5.41) is 7.86. The topological polar surface area (TPSA) is 42.7 Å². The van der Waals surface area contributed by atoms with Crippen LogP contribution in [0.5, 0.6) is 0 Å². The fraction of sp³-hybridized carbons (Fsp3) is 0.818. The molecule has 3 rings (SSSR count). The van der Waals surface area contributed by atoms with Crippen LogP contribution in [0.4, 0.5) is 0 Å². The molecule has 0 bridgehead atoms. The predicted octanol–water partition coefficient (Wildman–Crippen LogP) is 1.16. The molecule has 2 aliphatic rings. The van der Waals surface area contributed by atoms with Crippen LogP contribution in [0.2, 0.25) is 0 Å². The van der Waals surface area contributed by atoms with Crippen molar-refractivity contribution < 1.29 is 0 Å². The molecule has 1 saturated carbocycles. The van der Waals surface area contributed by atoms with Crippen molar-refractivity contribution in [2.24, 2.45) is 7.05 Å². The maximum atomic E-state index is 4.73. The van der Waals surface area contributed by atoms with E-state index in [0.717, 1.165) is 18.9 Å². The zero-order chi connectivity index (χ0) is 10.3. The lowest BCUT2D eigenvalue weighted by molar-refractivity contribution is 0.416. The molecule has 1 aliphatic heterocycles. The van der Waals surface area contributed by atoms with E-state index in [9.17, 15) is 0 Å². The lowest BCUT2D eigenvalue weighted by atomic mass is 10.0. The van der Waals surface area contributed by atoms with Gasteiger partial charge in [0.25, 0.3) is 0 Å². The molecule has 4 nitrogen and oxygen atoms in total. The van der Waals surface area contributed by atoms with Gasteiger partial charge in [-0.3, -0.25) is 4.68 Å². The molecule has 82 valence electrons. The molecule has 0 spiro atoms. The summed E-state index contributed by atoms with van der Waals surface area (Å²) in [7, 11) is 2.03. The first kappa shape index (κ1) is 9.33. The van der Waals surface area contributed by atoms with E-state index in [4.69, 9.17) is 4.98 Å². The van der Waals surface area contributed by atoms with Crippen LogP contribution >= 0.6 is 0 Å². The standard InChI is InChI=1S/C11H18N4/c1-15-11(9-6-12-7-9)13-10(14-15)8-4-2-3-5-8/h8-9,12H,2-7H2,1H3. The molecule has 0 unspecified atom stereocenters. The Morgan fingerprint density at radius 3 is 2.53 bits per heavy atom. The summed E-state index contributed by atoms with van der Waals surface area (Å²) in [6.07, 6.45) is 5.27. The fourth-order valence-electron chi connectivity index (χ4n) is 2.60. The van der Waals surface area contributed by atoms with Gasteiger partial charge >= 0.3 is 0 Å². The summed E-state index contributed by atoms with van der Waals surface area (Å²) in [6.45, 7) is 2.13. The summed E-state index contributed by atoms with van der Waals surface area (Å²) >= 11 is 0. The van der Waals surface area contributed by atoms with Crippen molar-refractivity contribution in [1.82, 2.24) is 20.1 Å². The molecule has 2 heterocycles. The van der Waals surface area contributed by atoms with E-state index in [1.54, 1.807) is 0 Å². The van der Waals surface area contributed by atoms with E-state index in [1.165, 1.54) is 31.5 Å². The van der Waals surface area contributed by atoms with Gasteiger partial charge in [0.05, 0.1) is 0 Å². The summed E-state index contributed by atoms with van der Waals surface area (Å²) in [5.41, 5.74) is 0. The van der Waals surface area contributed by atoms with E-state index in [2.05, 4.69) is 10.4 Å². The number of nitrogens with zero attached hydrogens (tertiary/aromatic N) is 3. The maximum Gasteiger partial charge on any atom is 0.154 e. The largest absolute Gasteiger partial charge is 0.315 e. The summed E-state index contributed by atoms with van der Waals surface area (Å²) in [6, 6.07) is 0. The van der Waals surface area contributed by atoms with Crippen LogP contribution < -0.4 is 5.32 Å². The molecule has 1 aliphatic carbocycles. The Kier molecular flexibility index (Phi) is 2.24. The third-order valence-corrected chi connectivity index (χ3v) is 3.68. The molecule has 0 amide bonds. The van der Waals surface area contributed by atoms with E-state index >= 15 is 0 Å². The minimum absolute atomic E-state index is 0.595. The van der Waals surface area contributed by atoms with Gasteiger partial charge in [-0.1, -0.05) is 12.8 Å². The van der Waals surface area contributed by atoms with Crippen molar-refractivity contribution in [3.63, 3.8) is 0 Å². The van der Waals surface area contributed by atoms with Gasteiger partial charge in [0.2, 0.25) is 0 Å². The molecule has 1 saturated heterocycles. The SMILES string of the molecule is Cn1nc(C2CCCC2)nc1C1CNC1. The minimum Gasteiger partial charge on any atom is -0.315 e. The van der Waals surface area contributed by atoms with Gasteiger partial charge in [0, 0.05) is 32.0 Å². The highest BCUT2D eigenvalue weighted by Crippen LogP contribution is 2.32. The number of aromatic nitrogens is 3. The smallest absolute Gasteiger partial charge is 0.154 e. The first-order valence-corrected chi connectivity index (χ1v) is 5.96. The van der Waals surface area contributed by atoms with Crippen molar-refractivity contribution in [1.29, 1.82) is 0 Å². The Morgan fingerprint density at radius 1 is 1.20 bits per heavy atom. The van der Waals surface area contributed by atoms with Crippen molar-refractivity contribution >= 4 is 0 Å². The van der Waals surface area contributed by atoms with Gasteiger partial charge in [-0.25, -0.2) is 4.98 Å². The minimum atomic E-state index is 0.595. The average Bonchev–Trinajstić information content (AvgIpc) is 2.72. The van der Waals surface area contributed by atoms with E-state index in [1.807, 2.05) is 11.7 Å². The zero-order valence-corrected chi connectivity index (χ0v) is 9.24. The van der Waals surface area contributed by atoms with Crippen LogP contribution in [-0.2, 0) is 7.05 Å². The van der Waals surface area contributed by atoms with E-state index < -0.39 is 0 Å². The zero-order valence-electron chi connectivity index (χ0n) is 9.24. The van der Waals surface area contributed by atoms with Crippen LogP contribution in [0, 0.1) is 0 Å². The summed E-state index contributed by atoms with van der Waals surface area (Å²) in [5.74, 6) is 3.50.